The Bertz CT molecular complexity index is 1390. The van der Waals surface area contributed by atoms with Crippen LogP contribution in [-0.4, -0.2) is 40.9 Å². The summed E-state index contributed by atoms with van der Waals surface area (Å²) in [5.41, 5.74) is 2.49. The van der Waals surface area contributed by atoms with E-state index in [-0.39, 0.29) is 0 Å². The van der Waals surface area contributed by atoms with Gasteiger partial charge in [-0.2, -0.15) is 0 Å². The van der Waals surface area contributed by atoms with Crippen LogP contribution in [0.1, 0.15) is 0 Å². The Hall–Kier alpha value is -3.85. The van der Waals surface area contributed by atoms with Crippen molar-refractivity contribution in [3.8, 4) is 27.8 Å². The molecule has 0 bridgehead atoms. The third kappa shape index (κ3) is 3.38. The minimum atomic E-state index is 0.643. The highest BCUT2D eigenvalue weighted by Crippen LogP contribution is 2.38. The van der Waals surface area contributed by atoms with Gasteiger partial charge in [0, 0.05) is 23.3 Å². The highest BCUT2D eigenvalue weighted by Gasteiger charge is 2.14. The van der Waals surface area contributed by atoms with Gasteiger partial charge in [-0.25, -0.2) is 9.50 Å². The third-order valence-electron chi connectivity index (χ3n) is 4.88. The van der Waals surface area contributed by atoms with Gasteiger partial charge in [-0.15, -0.1) is 16.4 Å². The van der Waals surface area contributed by atoms with Crippen LogP contribution >= 0.6 is 11.3 Å². The van der Waals surface area contributed by atoms with Gasteiger partial charge in [0.05, 0.1) is 43.3 Å². The number of thiophene rings is 1. The van der Waals surface area contributed by atoms with Crippen LogP contribution < -0.4 is 19.5 Å². The SMILES string of the molecule is COc1ccc(Nc2ccc3ncc(-c4cc5cncc(OC)c5s4)n3n2)cc1OC. The first-order valence-electron chi connectivity index (χ1n) is 9.46. The van der Waals surface area contributed by atoms with Crippen LogP contribution in [-0.2, 0) is 0 Å². The Labute approximate surface area is 182 Å². The van der Waals surface area contributed by atoms with E-state index in [1.807, 2.05) is 47.2 Å². The van der Waals surface area contributed by atoms with Crippen molar-refractivity contribution in [2.24, 2.45) is 0 Å². The molecule has 0 aliphatic carbocycles. The minimum absolute atomic E-state index is 0.643. The second kappa shape index (κ2) is 7.77. The number of imidazole rings is 1. The molecule has 31 heavy (non-hydrogen) atoms. The van der Waals surface area contributed by atoms with Crippen molar-refractivity contribution in [1.29, 1.82) is 0 Å². The maximum atomic E-state index is 5.45. The van der Waals surface area contributed by atoms with Crippen LogP contribution in [0.4, 0.5) is 11.5 Å². The summed E-state index contributed by atoms with van der Waals surface area (Å²) in [6.45, 7) is 0. The van der Waals surface area contributed by atoms with Crippen LogP contribution in [0.15, 0.2) is 55.0 Å². The van der Waals surface area contributed by atoms with Gasteiger partial charge in [0.15, 0.2) is 28.7 Å². The Morgan fingerprint density at radius 1 is 0.871 bits per heavy atom. The molecule has 0 aliphatic heterocycles. The topological polar surface area (TPSA) is 82.8 Å². The molecule has 156 valence electrons. The van der Waals surface area contributed by atoms with E-state index in [9.17, 15) is 0 Å². The lowest BCUT2D eigenvalue weighted by Gasteiger charge is -2.11. The summed E-state index contributed by atoms with van der Waals surface area (Å²) >= 11 is 1.62. The summed E-state index contributed by atoms with van der Waals surface area (Å²) in [4.78, 5) is 9.78. The first-order valence-corrected chi connectivity index (χ1v) is 10.3. The Morgan fingerprint density at radius 3 is 2.52 bits per heavy atom. The molecule has 0 unspecified atom stereocenters. The molecular weight excluding hydrogens is 414 g/mol. The largest absolute Gasteiger partial charge is 0.494 e. The fraction of sp³-hybridized carbons (Fsp3) is 0.136. The number of methoxy groups -OCH3 is 3. The molecule has 0 saturated carbocycles. The summed E-state index contributed by atoms with van der Waals surface area (Å²) in [6.07, 6.45) is 5.38. The van der Waals surface area contributed by atoms with Crippen LogP contribution in [0.5, 0.6) is 17.2 Å². The maximum Gasteiger partial charge on any atom is 0.162 e. The van der Waals surface area contributed by atoms with Crippen LogP contribution in [0.2, 0.25) is 0 Å². The number of anilines is 2. The van der Waals surface area contributed by atoms with E-state index in [2.05, 4.69) is 21.4 Å². The predicted molar refractivity (Wildman–Crippen MR) is 121 cm³/mol. The van der Waals surface area contributed by atoms with Crippen LogP contribution in [0.25, 0.3) is 26.3 Å². The van der Waals surface area contributed by atoms with Gasteiger partial charge in [-0.3, -0.25) is 4.98 Å². The molecule has 0 atom stereocenters. The molecule has 5 rings (SSSR count). The molecule has 8 nitrogen and oxygen atoms in total. The number of fused-ring (bicyclic) bond motifs is 2. The van der Waals surface area contributed by atoms with E-state index >= 15 is 0 Å². The molecule has 0 saturated heterocycles. The van der Waals surface area contributed by atoms with Gasteiger partial charge in [0.2, 0.25) is 0 Å². The van der Waals surface area contributed by atoms with Crippen molar-refractivity contribution in [3.63, 3.8) is 0 Å². The number of ether oxygens (including phenoxy) is 3. The molecular formula is C22H19N5O3S. The smallest absolute Gasteiger partial charge is 0.162 e. The molecule has 0 spiro atoms. The summed E-state index contributed by atoms with van der Waals surface area (Å²) in [7, 11) is 4.87. The summed E-state index contributed by atoms with van der Waals surface area (Å²) in [5.74, 6) is 2.75. The van der Waals surface area contributed by atoms with Gasteiger partial charge >= 0.3 is 0 Å². The van der Waals surface area contributed by atoms with E-state index in [1.54, 1.807) is 38.9 Å². The number of nitrogens with one attached hydrogen (secondary N) is 1. The fourth-order valence-corrected chi connectivity index (χ4v) is 4.49. The zero-order valence-corrected chi connectivity index (χ0v) is 17.9. The van der Waals surface area contributed by atoms with Gasteiger partial charge in [-0.05, 0) is 30.3 Å². The maximum absolute atomic E-state index is 5.45. The van der Waals surface area contributed by atoms with Crippen molar-refractivity contribution < 1.29 is 14.2 Å². The number of aromatic nitrogens is 4. The average molecular weight is 433 g/mol. The second-order valence-electron chi connectivity index (χ2n) is 6.70. The molecule has 1 aromatic carbocycles. The normalized spacial score (nSPS) is 11.1. The van der Waals surface area contributed by atoms with Crippen molar-refractivity contribution in [2.45, 2.75) is 0 Å². The number of rotatable bonds is 6. The minimum Gasteiger partial charge on any atom is -0.494 e. The van der Waals surface area contributed by atoms with Crippen LogP contribution in [0.3, 0.4) is 0 Å². The highest BCUT2D eigenvalue weighted by molar-refractivity contribution is 7.22. The van der Waals surface area contributed by atoms with Gasteiger partial charge in [-0.1, -0.05) is 0 Å². The molecule has 0 aliphatic rings. The van der Waals surface area contributed by atoms with E-state index in [0.717, 1.165) is 37.7 Å². The van der Waals surface area contributed by atoms with Gasteiger partial charge < -0.3 is 19.5 Å². The highest BCUT2D eigenvalue weighted by atomic mass is 32.1. The molecule has 4 aromatic heterocycles. The van der Waals surface area contributed by atoms with E-state index < -0.39 is 0 Å². The predicted octanol–water partition coefficient (Wildman–Crippen LogP) is 4.78. The first-order chi connectivity index (χ1) is 15.2. The lowest BCUT2D eigenvalue weighted by Crippen LogP contribution is -2.00. The van der Waals surface area contributed by atoms with E-state index in [4.69, 9.17) is 19.3 Å². The lowest BCUT2D eigenvalue weighted by atomic mass is 10.2. The first kappa shape index (κ1) is 19.1. The second-order valence-corrected chi connectivity index (χ2v) is 7.75. The van der Waals surface area contributed by atoms with E-state index in [0.29, 0.717) is 17.3 Å². The van der Waals surface area contributed by atoms with Crippen LogP contribution in [0, 0.1) is 0 Å². The monoisotopic (exact) mass is 433 g/mol. The van der Waals surface area contributed by atoms with Gasteiger partial charge in [0.25, 0.3) is 0 Å². The molecule has 0 fully saturated rings. The number of benzene rings is 1. The molecule has 1 N–H and O–H groups in total. The van der Waals surface area contributed by atoms with E-state index in [1.165, 1.54) is 0 Å². The van der Waals surface area contributed by atoms with Crippen molar-refractivity contribution >= 4 is 38.6 Å². The molecule has 9 heteroatoms. The van der Waals surface area contributed by atoms with Crippen molar-refractivity contribution in [2.75, 3.05) is 26.6 Å². The number of hydrogen-bond donors (Lipinski definition) is 1. The molecule has 0 amide bonds. The average Bonchev–Trinajstić information content (AvgIpc) is 3.42. The van der Waals surface area contributed by atoms with Crippen molar-refractivity contribution in [1.82, 2.24) is 19.6 Å². The Morgan fingerprint density at radius 2 is 1.71 bits per heavy atom. The molecule has 5 aromatic rings. The third-order valence-corrected chi connectivity index (χ3v) is 6.07. The molecule has 4 heterocycles. The lowest BCUT2D eigenvalue weighted by molar-refractivity contribution is 0.355. The summed E-state index contributed by atoms with van der Waals surface area (Å²) < 4.78 is 19.0. The Kier molecular flexibility index (Phi) is 4.79. The zero-order chi connectivity index (χ0) is 21.4. The standard InChI is InChI=1S/C22H19N5O3S/c1-28-16-5-4-14(9-17(16)29-2)25-20-6-7-21-24-11-15(27(21)26-20)19-8-13-10-23-12-18(30-3)22(13)31-19/h4-12H,1-3H3,(H,25,26). The van der Waals surface area contributed by atoms with Crippen molar-refractivity contribution in [3.05, 3.63) is 55.0 Å². The Balaban J connectivity index is 1.53. The number of pyridine rings is 1. The van der Waals surface area contributed by atoms with Gasteiger partial charge in [0.1, 0.15) is 5.69 Å². The summed E-state index contributed by atoms with van der Waals surface area (Å²) in [5, 5.41) is 9.08. The zero-order valence-electron chi connectivity index (χ0n) is 17.1. The number of hydrogen-bond acceptors (Lipinski definition) is 8. The quantitative estimate of drug-likeness (QED) is 0.413. The summed E-state index contributed by atoms with van der Waals surface area (Å²) in [6, 6.07) is 11.5. The fourth-order valence-electron chi connectivity index (χ4n) is 3.38. The molecule has 0 radical (unpaired) electrons. The number of nitrogens with zero attached hydrogens (tertiary/aromatic N) is 4.